The van der Waals surface area contributed by atoms with Crippen LogP contribution in [-0.2, 0) is 4.79 Å². The Morgan fingerprint density at radius 2 is 1.79 bits per heavy atom. The number of carbonyl (C=O) groups is 2. The van der Waals surface area contributed by atoms with Crippen molar-refractivity contribution in [1.82, 2.24) is 15.3 Å². The number of hydrogen-bond acceptors (Lipinski definition) is 7. The number of rotatable bonds is 6. The molecular formula is C19H30N6O3. The van der Waals surface area contributed by atoms with E-state index in [9.17, 15) is 14.7 Å². The monoisotopic (exact) mass is 390 g/mol. The number of primary amides is 1. The number of hydrogen-bond donors (Lipinski definition) is 5. The van der Waals surface area contributed by atoms with Gasteiger partial charge in [0.1, 0.15) is 5.82 Å². The lowest BCUT2D eigenvalue weighted by Gasteiger charge is -2.30. The van der Waals surface area contributed by atoms with Crippen LogP contribution in [0.3, 0.4) is 0 Å². The van der Waals surface area contributed by atoms with Crippen molar-refractivity contribution in [1.29, 1.82) is 0 Å². The third kappa shape index (κ3) is 5.54. The highest BCUT2D eigenvalue weighted by atomic mass is 16.3. The van der Waals surface area contributed by atoms with Crippen LogP contribution in [0.15, 0.2) is 6.20 Å². The predicted octanol–water partition coefficient (Wildman–Crippen LogP) is 1.15. The van der Waals surface area contributed by atoms with Crippen LogP contribution >= 0.6 is 0 Å². The number of aromatic nitrogens is 2. The van der Waals surface area contributed by atoms with Crippen molar-refractivity contribution in [3.8, 4) is 0 Å². The molecule has 2 aliphatic rings. The fourth-order valence-corrected chi connectivity index (χ4v) is 4.08. The summed E-state index contributed by atoms with van der Waals surface area (Å²) in [6.07, 6.45) is 8.00. The Labute approximate surface area is 164 Å². The van der Waals surface area contributed by atoms with E-state index in [0.29, 0.717) is 18.2 Å². The fraction of sp³-hybridized carbons (Fsp3) is 0.684. The fourth-order valence-electron chi connectivity index (χ4n) is 4.08. The molecule has 9 heteroatoms. The van der Waals surface area contributed by atoms with Crippen LogP contribution < -0.4 is 21.7 Å². The highest BCUT2D eigenvalue weighted by molar-refractivity contribution is 5.97. The highest BCUT2D eigenvalue weighted by Crippen LogP contribution is 2.25. The van der Waals surface area contributed by atoms with Gasteiger partial charge in [-0.15, -0.1) is 0 Å². The number of amides is 2. The number of nitrogens with zero attached hydrogens (tertiary/aromatic N) is 2. The van der Waals surface area contributed by atoms with E-state index in [-0.39, 0.29) is 35.7 Å². The minimum absolute atomic E-state index is 0.00494. The molecule has 6 N–H and O–H groups in total. The Morgan fingerprint density at radius 1 is 1.07 bits per heavy atom. The van der Waals surface area contributed by atoms with Gasteiger partial charge in [0.25, 0.3) is 5.91 Å². The molecule has 1 aromatic heterocycles. The number of aliphatic hydroxyl groups excluding tert-OH is 1. The molecule has 0 saturated heterocycles. The number of anilines is 2. The largest absolute Gasteiger partial charge is 0.393 e. The van der Waals surface area contributed by atoms with E-state index in [2.05, 4.69) is 25.9 Å². The molecular weight excluding hydrogens is 360 g/mol. The second kappa shape index (κ2) is 9.18. The first-order valence-corrected chi connectivity index (χ1v) is 10.1. The average Bonchev–Trinajstić information content (AvgIpc) is 2.63. The molecule has 2 atom stereocenters. The minimum Gasteiger partial charge on any atom is -0.393 e. The van der Waals surface area contributed by atoms with E-state index < -0.39 is 5.91 Å². The molecule has 0 bridgehead atoms. The van der Waals surface area contributed by atoms with Gasteiger partial charge in [0.15, 0.2) is 0 Å². The van der Waals surface area contributed by atoms with Gasteiger partial charge >= 0.3 is 0 Å². The molecule has 0 unspecified atom stereocenters. The highest BCUT2D eigenvalue weighted by Gasteiger charge is 2.24. The number of aliphatic hydroxyl groups is 1. The first-order valence-electron chi connectivity index (χ1n) is 10.1. The van der Waals surface area contributed by atoms with E-state index in [1.54, 1.807) is 0 Å². The molecule has 2 fully saturated rings. The van der Waals surface area contributed by atoms with E-state index in [1.807, 2.05) is 0 Å². The van der Waals surface area contributed by atoms with Gasteiger partial charge in [0, 0.05) is 31.2 Å². The van der Waals surface area contributed by atoms with Gasteiger partial charge in [-0.3, -0.25) is 9.59 Å². The predicted molar refractivity (Wildman–Crippen MR) is 106 cm³/mol. The maximum absolute atomic E-state index is 11.8. The summed E-state index contributed by atoms with van der Waals surface area (Å²) < 4.78 is 0. The molecule has 2 saturated carbocycles. The van der Waals surface area contributed by atoms with Crippen molar-refractivity contribution >= 4 is 23.6 Å². The molecule has 9 nitrogen and oxygen atoms in total. The molecule has 154 valence electrons. The summed E-state index contributed by atoms with van der Waals surface area (Å²) in [6.45, 7) is 1.54. The second-order valence-electron chi connectivity index (χ2n) is 7.88. The maximum atomic E-state index is 11.8. The van der Waals surface area contributed by atoms with E-state index in [4.69, 9.17) is 5.73 Å². The van der Waals surface area contributed by atoms with Crippen LogP contribution in [0.25, 0.3) is 0 Å². The topological polar surface area (TPSA) is 142 Å². The van der Waals surface area contributed by atoms with Crippen molar-refractivity contribution in [2.75, 3.05) is 10.6 Å². The third-order valence-electron chi connectivity index (χ3n) is 5.51. The van der Waals surface area contributed by atoms with Crippen molar-refractivity contribution in [2.24, 2.45) is 5.73 Å². The van der Waals surface area contributed by atoms with Crippen LogP contribution in [0, 0.1) is 0 Å². The Balaban J connectivity index is 1.64. The normalized spacial score (nSPS) is 27.6. The SMILES string of the molecule is CC(=O)N[C@H]1CC[C@H](Nc2ncc(C(N)=O)c(N[C@@H]3CCC[C@H](O)C3)n2)CC1. The lowest BCUT2D eigenvalue weighted by atomic mass is 9.91. The first-order chi connectivity index (χ1) is 13.4. The summed E-state index contributed by atoms with van der Waals surface area (Å²) in [6, 6.07) is 0.496. The van der Waals surface area contributed by atoms with Crippen molar-refractivity contribution in [3.63, 3.8) is 0 Å². The van der Waals surface area contributed by atoms with Gasteiger partial charge in [-0.2, -0.15) is 4.98 Å². The molecule has 0 spiro atoms. The second-order valence-corrected chi connectivity index (χ2v) is 7.88. The maximum Gasteiger partial charge on any atom is 0.254 e. The van der Waals surface area contributed by atoms with Crippen LogP contribution in [0.5, 0.6) is 0 Å². The standard InChI is InChI=1S/C19H30N6O3/c1-11(26)22-12-5-7-13(8-6-12)24-19-21-10-16(17(20)28)18(25-19)23-14-3-2-4-15(27)9-14/h10,12-15,27H,2-9H2,1H3,(H2,20,28)(H,22,26)(H2,21,23,24,25)/t12-,13-,14-,15+/m1/s1. The number of carbonyl (C=O) groups excluding carboxylic acids is 2. The molecule has 28 heavy (non-hydrogen) atoms. The van der Waals surface area contributed by atoms with Crippen LogP contribution in [0.2, 0.25) is 0 Å². The van der Waals surface area contributed by atoms with Crippen molar-refractivity contribution < 1.29 is 14.7 Å². The number of nitrogens with one attached hydrogen (secondary N) is 3. The van der Waals surface area contributed by atoms with Gasteiger partial charge in [0.05, 0.1) is 11.7 Å². The summed E-state index contributed by atoms with van der Waals surface area (Å²) in [7, 11) is 0. The van der Waals surface area contributed by atoms with Crippen LogP contribution in [-0.4, -0.2) is 51.1 Å². The third-order valence-corrected chi connectivity index (χ3v) is 5.51. The van der Waals surface area contributed by atoms with Gasteiger partial charge in [-0.05, 0) is 51.4 Å². The molecule has 0 radical (unpaired) electrons. The zero-order valence-electron chi connectivity index (χ0n) is 16.3. The van der Waals surface area contributed by atoms with Gasteiger partial charge < -0.3 is 26.8 Å². The van der Waals surface area contributed by atoms with Gasteiger partial charge in [0.2, 0.25) is 11.9 Å². The Kier molecular flexibility index (Phi) is 6.66. The number of nitrogens with two attached hydrogens (primary N) is 1. The Bertz CT molecular complexity index is 705. The van der Waals surface area contributed by atoms with E-state index >= 15 is 0 Å². The summed E-state index contributed by atoms with van der Waals surface area (Å²) in [5, 5.41) is 19.4. The van der Waals surface area contributed by atoms with Crippen LogP contribution in [0.4, 0.5) is 11.8 Å². The van der Waals surface area contributed by atoms with Gasteiger partial charge in [-0.1, -0.05) is 0 Å². The smallest absolute Gasteiger partial charge is 0.254 e. The first kappa shape index (κ1) is 20.3. The zero-order chi connectivity index (χ0) is 20.1. The molecule has 0 aromatic carbocycles. The van der Waals surface area contributed by atoms with E-state index in [1.165, 1.54) is 13.1 Å². The lowest BCUT2D eigenvalue weighted by Crippen LogP contribution is -2.39. The molecule has 1 heterocycles. The lowest BCUT2D eigenvalue weighted by molar-refractivity contribution is -0.119. The zero-order valence-corrected chi connectivity index (χ0v) is 16.3. The average molecular weight is 390 g/mol. The summed E-state index contributed by atoms with van der Waals surface area (Å²) in [5.74, 6) is 0.287. The molecule has 1 aromatic rings. The molecule has 0 aliphatic heterocycles. The molecule has 2 aliphatic carbocycles. The summed E-state index contributed by atoms with van der Waals surface area (Å²) >= 11 is 0. The quantitative estimate of drug-likeness (QED) is 0.490. The summed E-state index contributed by atoms with van der Waals surface area (Å²) in [4.78, 5) is 31.7. The minimum atomic E-state index is -0.582. The molecule has 3 rings (SSSR count). The Hall–Kier alpha value is -2.42. The van der Waals surface area contributed by atoms with Crippen molar-refractivity contribution in [2.45, 2.75) is 82.5 Å². The Morgan fingerprint density at radius 3 is 2.43 bits per heavy atom. The van der Waals surface area contributed by atoms with E-state index in [0.717, 1.165) is 44.9 Å². The van der Waals surface area contributed by atoms with Crippen molar-refractivity contribution in [3.05, 3.63) is 11.8 Å². The van der Waals surface area contributed by atoms with Crippen LogP contribution in [0.1, 0.15) is 68.6 Å². The molecule has 2 amide bonds. The summed E-state index contributed by atoms with van der Waals surface area (Å²) in [5.41, 5.74) is 5.72. The van der Waals surface area contributed by atoms with Gasteiger partial charge in [-0.25, -0.2) is 4.98 Å².